The number of carbonyl (C=O) groups excluding carboxylic acids is 1. The maximum Gasteiger partial charge on any atom is 0.306 e. The molecule has 0 radical (unpaired) electrons. The van der Waals surface area contributed by atoms with Gasteiger partial charge in [-0.25, -0.2) is 0 Å². The summed E-state index contributed by atoms with van der Waals surface area (Å²) in [6, 6.07) is 15.3. The Balaban J connectivity index is 0.000000553. The first-order chi connectivity index (χ1) is 14.6. The number of thiol groups is 1. The Morgan fingerprint density at radius 3 is 1.90 bits per heavy atom. The van der Waals surface area contributed by atoms with E-state index < -0.39 is 0 Å². The summed E-state index contributed by atoms with van der Waals surface area (Å²) in [6.07, 6.45) is 5.32. The van der Waals surface area contributed by atoms with E-state index in [1.807, 2.05) is 48.5 Å². The Hall–Kier alpha value is -1.98. The Kier molecular flexibility index (Phi) is 14.6. The summed E-state index contributed by atoms with van der Waals surface area (Å²) in [5, 5.41) is 0. The van der Waals surface area contributed by atoms with E-state index in [9.17, 15) is 4.79 Å². The number of hydrogen-bond donors (Lipinski definition) is 1. The van der Waals surface area contributed by atoms with Gasteiger partial charge in [-0.05, 0) is 67.6 Å². The van der Waals surface area contributed by atoms with Gasteiger partial charge >= 0.3 is 5.97 Å². The smallest absolute Gasteiger partial charge is 0.306 e. The summed E-state index contributed by atoms with van der Waals surface area (Å²) in [5.74, 6) is 1.41. The van der Waals surface area contributed by atoms with Crippen LogP contribution in [0.1, 0.15) is 58.4 Å². The molecule has 0 saturated carbocycles. The van der Waals surface area contributed by atoms with E-state index in [2.05, 4.69) is 33.4 Å². The van der Waals surface area contributed by atoms with E-state index >= 15 is 0 Å². The van der Waals surface area contributed by atoms with Crippen LogP contribution in [0, 0.1) is 0 Å². The van der Waals surface area contributed by atoms with E-state index in [-0.39, 0.29) is 5.97 Å². The third-order valence-electron chi connectivity index (χ3n) is 4.07. The molecule has 2 rings (SSSR count). The van der Waals surface area contributed by atoms with Gasteiger partial charge in [0, 0.05) is 24.5 Å². The standard InChI is InChI=1S/C19H22O3S.C6H14O/c1-2-3-14-21-19(20)13-6-15-4-7-16(8-5-15)22-17-9-11-18(23)12-10-17;1-3-5-7-6-4-2/h4-5,7-12,23H,2-3,6,13-14H2,1H3;3-6H2,1-2H3. The molecule has 0 spiro atoms. The fourth-order valence-corrected chi connectivity index (χ4v) is 2.56. The quantitative estimate of drug-likeness (QED) is 0.226. The van der Waals surface area contributed by atoms with Crippen LogP contribution in [0.5, 0.6) is 11.5 Å². The minimum atomic E-state index is -0.134. The van der Waals surface area contributed by atoms with E-state index in [0.29, 0.717) is 19.4 Å². The van der Waals surface area contributed by atoms with Gasteiger partial charge in [0.15, 0.2) is 0 Å². The number of hydrogen-bond acceptors (Lipinski definition) is 5. The van der Waals surface area contributed by atoms with Crippen molar-refractivity contribution in [1.82, 2.24) is 0 Å². The minimum absolute atomic E-state index is 0.134. The number of unbranched alkanes of at least 4 members (excludes halogenated alkanes) is 1. The summed E-state index contributed by atoms with van der Waals surface area (Å²) in [5.41, 5.74) is 1.09. The van der Waals surface area contributed by atoms with Crippen molar-refractivity contribution < 1.29 is 19.0 Å². The van der Waals surface area contributed by atoms with Crippen LogP contribution < -0.4 is 4.74 Å². The van der Waals surface area contributed by atoms with E-state index in [4.69, 9.17) is 14.2 Å². The largest absolute Gasteiger partial charge is 0.466 e. The molecule has 5 heteroatoms. The molecule has 166 valence electrons. The highest BCUT2D eigenvalue weighted by Gasteiger charge is 2.04. The first-order valence-corrected chi connectivity index (χ1v) is 11.3. The van der Waals surface area contributed by atoms with Gasteiger partial charge in [-0.3, -0.25) is 4.79 Å². The third kappa shape index (κ3) is 12.6. The number of rotatable bonds is 12. The summed E-state index contributed by atoms with van der Waals surface area (Å²) in [7, 11) is 0. The molecule has 0 amide bonds. The average Bonchev–Trinajstić information content (AvgIpc) is 2.76. The SMILES string of the molecule is CCCCOC(=O)CCc1ccc(Oc2ccc(S)cc2)cc1.CCCOCCC. The molecule has 4 nitrogen and oxygen atoms in total. The van der Waals surface area contributed by atoms with Gasteiger partial charge in [0.2, 0.25) is 0 Å². The van der Waals surface area contributed by atoms with Crippen molar-refractivity contribution in [2.75, 3.05) is 19.8 Å². The van der Waals surface area contributed by atoms with Gasteiger partial charge in [0.05, 0.1) is 6.61 Å². The van der Waals surface area contributed by atoms with Crippen LogP contribution in [0.4, 0.5) is 0 Å². The summed E-state index contributed by atoms with van der Waals surface area (Å²) in [4.78, 5) is 12.5. The number of aryl methyl sites for hydroxylation is 1. The molecule has 0 saturated heterocycles. The normalized spacial score (nSPS) is 10.1. The Bertz CT molecular complexity index is 679. The van der Waals surface area contributed by atoms with Gasteiger partial charge in [-0.1, -0.05) is 39.3 Å². The topological polar surface area (TPSA) is 44.8 Å². The molecule has 0 aliphatic rings. The molecule has 0 unspecified atom stereocenters. The van der Waals surface area contributed by atoms with Crippen molar-refractivity contribution in [2.45, 2.75) is 64.2 Å². The second-order valence-electron chi connectivity index (χ2n) is 6.93. The second kappa shape index (κ2) is 16.8. The average molecular weight is 433 g/mol. The van der Waals surface area contributed by atoms with Crippen molar-refractivity contribution in [1.29, 1.82) is 0 Å². The lowest BCUT2D eigenvalue weighted by Crippen LogP contribution is -2.06. The lowest BCUT2D eigenvalue weighted by Gasteiger charge is -2.07. The zero-order valence-electron chi connectivity index (χ0n) is 18.6. The molecule has 0 bridgehead atoms. The highest BCUT2D eigenvalue weighted by molar-refractivity contribution is 7.80. The van der Waals surface area contributed by atoms with Crippen LogP contribution in [0.2, 0.25) is 0 Å². The van der Waals surface area contributed by atoms with E-state index in [1.165, 1.54) is 0 Å². The summed E-state index contributed by atoms with van der Waals surface area (Å²) >= 11 is 4.24. The predicted molar refractivity (Wildman–Crippen MR) is 126 cm³/mol. The molecular weight excluding hydrogens is 396 g/mol. The third-order valence-corrected chi connectivity index (χ3v) is 4.37. The molecule has 0 aliphatic carbocycles. The van der Waals surface area contributed by atoms with Gasteiger partial charge in [0.25, 0.3) is 0 Å². The van der Waals surface area contributed by atoms with Crippen molar-refractivity contribution >= 4 is 18.6 Å². The lowest BCUT2D eigenvalue weighted by molar-refractivity contribution is -0.143. The molecule has 0 atom stereocenters. The zero-order chi connectivity index (χ0) is 22.0. The molecule has 0 aliphatic heterocycles. The van der Waals surface area contributed by atoms with Crippen LogP contribution in [0.3, 0.4) is 0 Å². The predicted octanol–water partition coefficient (Wildman–Crippen LogP) is 6.87. The fourth-order valence-electron chi connectivity index (χ4n) is 2.41. The summed E-state index contributed by atoms with van der Waals surface area (Å²) < 4.78 is 16.0. The van der Waals surface area contributed by atoms with Gasteiger partial charge < -0.3 is 14.2 Å². The lowest BCUT2D eigenvalue weighted by atomic mass is 10.1. The molecular formula is C25H36O4S. The minimum Gasteiger partial charge on any atom is -0.466 e. The number of benzene rings is 2. The van der Waals surface area contributed by atoms with Crippen LogP contribution in [-0.2, 0) is 20.7 Å². The summed E-state index contributed by atoms with van der Waals surface area (Å²) in [6.45, 7) is 8.68. The van der Waals surface area contributed by atoms with Crippen LogP contribution >= 0.6 is 12.6 Å². The molecule has 0 aromatic heterocycles. The molecule has 0 heterocycles. The molecule has 0 fully saturated rings. The maximum atomic E-state index is 11.6. The first-order valence-electron chi connectivity index (χ1n) is 10.9. The number of ether oxygens (including phenoxy) is 3. The second-order valence-corrected chi connectivity index (χ2v) is 7.44. The van der Waals surface area contributed by atoms with Gasteiger partial charge in [0.1, 0.15) is 11.5 Å². The van der Waals surface area contributed by atoms with Crippen LogP contribution in [0.15, 0.2) is 53.4 Å². The Labute approximate surface area is 187 Å². The molecule has 0 N–H and O–H groups in total. The Morgan fingerprint density at radius 1 is 0.800 bits per heavy atom. The van der Waals surface area contributed by atoms with Gasteiger partial charge in [-0.15, -0.1) is 12.6 Å². The van der Waals surface area contributed by atoms with E-state index in [0.717, 1.165) is 60.9 Å². The number of carbonyl (C=O) groups is 1. The molecule has 2 aromatic carbocycles. The zero-order valence-corrected chi connectivity index (χ0v) is 19.5. The first kappa shape index (κ1) is 26.1. The monoisotopic (exact) mass is 432 g/mol. The highest BCUT2D eigenvalue weighted by atomic mass is 32.1. The Morgan fingerprint density at radius 2 is 1.37 bits per heavy atom. The molecule has 2 aromatic rings. The maximum absolute atomic E-state index is 11.6. The van der Waals surface area contributed by atoms with Crippen molar-refractivity contribution in [2.24, 2.45) is 0 Å². The molecule has 30 heavy (non-hydrogen) atoms. The van der Waals surface area contributed by atoms with E-state index in [1.54, 1.807) is 0 Å². The van der Waals surface area contributed by atoms with Crippen LogP contribution in [-0.4, -0.2) is 25.8 Å². The van der Waals surface area contributed by atoms with Crippen molar-refractivity contribution in [3.05, 3.63) is 54.1 Å². The fraction of sp³-hybridized carbons (Fsp3) is 0.480. The van der Waals surface area contributed by atoms with Gasteiger partial charge in [-0.2, -0.15) is 0 Å². The van der Waals surface area contributed by atoms with Crippen LogP contribution in [0.25, 0.3) is 0 Å². The highest BCUT2D eigenvalue weighted by Crippen LogP contribution is 2.23. The van der Waals surface area contributed by atoms with Crippen molar-refractivity contribution in [3.8, 4) is 11.5 Å². The number of esters is 1. The van der Waals surface area contributed by atoms with Crippen molar-refractivity contribution in [3.63, 3.8) is 0 Å².